The first-order valence-electron chi connectivity index (χ1n) is 6.75. The van der Waals surface area contributed by atoms with Gasteiger partial charge < -0.3 is 15.5 Å². The van der Waals surface area contributed by atoms with Gasteiger partial charge in [0.1, 0.15) is 0 Å². The highest BCUT2D eigenvalue weighted by atomic mass is 32.1. The van der Waals surface area contributed by atoms with Crippen molar-refractivity contribution in [3.8, 4) is 0 Å². The highest BCUT2D eigenvalue weighted by Gasteiger charge is 2.11. The van der Waals surface area contributed by atoms with Crippen LogP contribution in [0.5, 0.6) is 0 Å². The van der Waals surface area contributed by atoms with Gasteiger partial charge in [0, 0.05) is 19.3 Å². The van der Waals surface area contributed by atoms with Crippen molar-refractivity contribution >= 4 is 17.3 Å². The Hall–Kier alpha value is -1.14. The molecule has 0 aliphatic heterocycles. The number of hydrogen-bond donors (Lipinski definition) is 2. The van der Waals surface area contributed by atoms with E-state index in [-0.39, 0.29) is 6.04 Å². The molecule has 6 heteroatoms. The third-order valence-corrected chi connectivity index (χ3v) is 3.17. The molecule has 1 rings (SSSR count). The lowest BCUT2D eigenvalue weighted by Gasteiger charge is -2.18. The molecule has 1 unspecified atom stereocenters. The minimum absolute atomic E-state index is 0.163. The molecule has 0 saturated heterocycles. The van der Waals surface area contributed by atoms with E-state index >= 15 is 0 Å². The summed E-state index contributed by atoms with van der Waals surface area (Å²) in [6.45, 7) is 7.01. The highest BCUT2D eigenvalue weighted by molar-refractivity contribution is 7.80. The van der Waals surface area contributed by atoms with Crippen molar-refractivity contribution in [3.05, 3.63) is 18.0 Å². The molecular weight excluding hydrogens is 258 g/mol. The average Bonchev–Trinajstić information content (AvgIpc) is 2.82. The molecule has 1 atom stereocenters. The van der Waals surface area contributed by atoms with Gasteiger partial charge in [0.15, 0.2) is 5.11 Å². The van der Waals surface area contributed by atoms with Crippen LogP contribution in [0.25, 0.3) is 0 Å². The molecule has 0 bridgehead atoms. The van der Waals surface area contributed by atoms with E-state index in [0.717, 1.165) is 31.7 Å². The van der Waals surface area contributed by atoms with Crippen molar-refractivity contribution in [1.29, 1.82) is 0 Å². The van der Waals surface area contributed by atoms with Gasteiger partial charge in [-0.25, -0.2) is 0 Å². The predicted molar refractivity (Wildman–Crippen MR) is 83.2 cm³/mol. The van der Waals surface area contributed by atoms with Crippen LogP contribution in [-0.4, -0.2) is 47.0 Å². The summed E-state index contributed by atoms with van der Waals surface area (Å²) in [7, 11) is 4.15. The van der Waals surface area contributed by atoms with E-state index in [1.54, 1.807) is 0 Å². The summed E-state index contributed by atoms with van der Waals surface area (Å²) < 4.78 is 1.98. The topological polar surface area (TPSA) is 45.1 Å². The van der Waals surface area contributed by atoms with Crippen LogP contribution < -0.4 is 10.6 Å². The van der Waals surface area contributed by atoms with Gasteiger partial charge in [0.05, 0.1) is 11.7 Å². The fraction of sp³-hybridized carbons (Fsp3) is 0.692. The molecule has 0 amide bonds. The molecule has 2 N–H and O–H groups in total. The minimum atomic E-state index is 0.163. The van der Waals surface area contributed by atoms with E-state index in [0.29, 0.717) is 5.11 Å². The first kappa shape index (κ1) is 15.9. The van der Waals surface area contributed by atoms with E-state index < -0.39 is 0 Å². The molecule has 0 fully saturated rings. The van der Waals surface area contributed by atoms with Gasteiger partial charge in [0.25, 0.3) is 0 Å². The summed E-state index contributed by atoms with van der Waals surface area (Å²) in [5, 5.41) is 11.5. The molecular formula is C13H25N5S. The Balaban J connectivity index is 2.32. The second kappa shape index (κ2) is 8.12. The zero-order valence-electron chi connectivity index (χ0n) is 12.3. The lowest BCUT2D eigenvalue weighted by atomic mass is 10.2. The third kappa shape index (κ3) is 5.57. The second-order valence-electron chi connectivity index (χ2n) is 4.85. The zero-order chi connectivity index (χ0) is 14.3. The number of nitrogens with zero attached hydrogens (tertiary/aromatic N) is 3. The first-order valence-corrected chi connectivity index (χ1v) is 7.16. The van der Waals surface area contributed by atoms with Gasteiger partial charge in [-0.2, -0.15) is 5.10 Å². The van der Waals surface area contributed by atoms with Crippen molar-refractivity contribution in [1.82, 2.24) is 25.3 Å². The van der Waals surface area contributed by atoms with Crippen molar-refractivity contribution < 1.29 is 0 Å². The highest BCUT2D eigenvalue weighted by Crippen LogP contribution is 2.10. The van der Waals surface area contributed by atoms with E-state index in [2.05, 4.69) is 48.6 Å². The number of thiocarbonyl (C=S) groups is 1. The van der Waals surface area contributed by atoms with Crippen molar-refractivity contribution in [2.45, 2.75) is 32.9 Å². The molecule has 5 nitrogen and oxygen atoms in total. The fourth-order valence-electron chi connectivity index (χ4n) is 1.89. The molecule has 0 aliphatic rings. The maximum absolute atomic E-state index is 5.30. The van der Waals surface area contributed by atoms with Crippen LogP contribution in [0.3, 0.4) is 0 Å². The molecule has 1 aromatic heterocycles. The monoisotopic (exact) mass is 283 g/mol. The second-order valence-corrected chi connectivity index (χ2v) is 5.26. The lowest BCUT2D eigenvalue weighted by molar-refractivity contribution is 0.399. The van der Waals surface area contributed by atoms with Crippen LogP contribution in [0.15, 0.2) is 12.3 Å². The standard InChI is InChI=1S/C13H25N5S/c1-5-18-12(7-9-15-18)11(2)16-13(19)14-8-6-10-17(3)4/h7,9,11H,5-6,8,10H2,1-4H3,(H2,14,16,19). The maximum atomic E-state index is 5.30. The van der Waals surface area contributed by atoms with E-state index in [1.807, 2.05) is 16.9 Å². The largest absolute Gasteiger partial charge is 0.363 e. The molecule has 0 aromatic carbocycles. The van der Waals surface area contributed by atoms with E-state index in [4.69, 9.17) is 12.2 Å². The number of rotatable bonds is 7. The summed E-state index contributed by atoms with van der Waals surface area (Å²) >= 11 is 5.30. The number of nitrogens with one attached hydrogen (secondary N) is 2. The van der Waals surface area contributed by atoms with Gasteiger partial charge in [-0.3, -0.25) is 4.68 Å². The molecule has 0 saturated carbocycles. The normalized spacial score (nSPS) is 12.5. The Bertz CT molecular complexity index is 388. The van der Waals surface area contributed by atoms with Gasteiger partial charge in [-0.1, -0.05) is 0 Å². The summed E-state index contributed by atoms with van der Waals surface area (Å²) in [6.07, 6.45) is 2.90. The van der Waals surface area contributed by atoms with Crippen LogP contribution in [0.1, 0.15) is 32.0 Å². The zero-order valence-corrected chi connectivity index (χ0v) is 13.1. The fourth-order valence-corrected chi connectivity index (χ4v) is 2.17. The third-order valence-electron chi connectivity index (χ3n) is 2.91. The van der Waals surface area contributed by atoms with Gasteiger partial charge in [0.2, 0.25) is 0 Å². The molecule has 0 spiro atoms. The predicted octanol–water partition coefficient (Wildman–Crippen LogP) is 1.38. The van der Waals surface area contributed by atoms with Crippen molar-refractivity contribution in [3.63, 3.8) is 0 Å². The Morgan fingerprint density at radius 1 is 1.53 bits per heavy atom. The lowest BCUT2D eigenvalue weighted by Crippen LogP contribution is -2.38. The van der Waals surface area contributed by atoms with Crippen LogP contribution in [-0.2, 0) is 6.54 Å². The molecule has 1 aromatic rings. The van der Waals surface area contributed by atoms with E-state index in [1.165, 1.54) is 0 Å². The van der Waals surface area contributed by atoms with Gasteiger partial charge in [-0.05, 0) is 59.2 Å². The summed E-state index contributed by atoms with van der Waals surface area (Å²) in [5.41, 5.74) is 1.15. The van der Waals surface area contributed by atoms with Gasteiger partial charge >= 0.3 is 0 Å². The average molecular weight is 283 g/mol. The van der Waals surface area contributed by atoms with Crippen LogP contribution >= 0.6 is 12.2 Å². The molecule has 0 aliphatic carbocycles. The Morgan fingerprint density at radius 3 is 2.89 bits per heavy atom. The number of aryl methyl sites for hydroxylation is 1. The van der Waals surface area contributed by atoms with Crippen LogP contribution in [0.2, 0.25) is 0 Å². The molecule has 108 valence electrons. The van der Waals surface area contributed by atoms with Crippen LogP contribution in [0, 0.1) is 0 Å². The van der Waals surface area contributed by atoms with Crippen LogP contribution in [0.4, 0.5) is 0 Å². The van der Waals surface area contributed by atoms with E-state index in [9.17, 15) is 0 Å². The number of hydrogen-bond acceptors (Lipinski definition) is 3. The Morgan fingerprint density at radius 2 is 2.26 bits per heavy atom. The first-order chi connectivity index (χ1) is 9.04. The minimum Gasteiger partial charge on any atom is -0.363 e. The molecule has 0 radical (unpaired) electrons. The smallest absolute Gasteiger partial charge is 0.166 e. The SMILES string of the molecule is CCn1nccc1C(C)NC(=S)NCCCN(C)C. The molecule has 1 heterocycles. The quantitative estimate of drug-likeness (QED) is 0.585. The Labute approximate surface area is 121 Å². The van der Waals surface area contributed by atoms with Crippen molar-refractivity contribution in [2.24, 2.45) is 0 Å². The van der Waals surface area contributed by atoms with Gasteiger partial charge in [-0.15, -0.1) is 0 Å². The molecule has 19 heavy (non-hydrogen) atoms. The summed E-state index contributed by atoms with van der Waals surface area (Å²) in [6, 6.07) is 2.19. The Kier molecular flexibility index (Phi) is 6.80. The number of aromatic nitrogens is 2. The maximum Gasteiger partial charge on any atom is 0.166 e. The van der Waals surface area contributed by atoms with Crippen molar-refractivity contribution in [2.75, 3.05) is 27.2 Å². The summed E-state index contributed by atoms with van der Waals surface area (Å²) in [5.74, 6) is 0. The summed E-state index contributed by atoms with van der Waals surface area (Å²) in [4.78, 5) is 2.17.